The highest BCUT2D eigenvalue weighted by atomic mass is 32.2. The van der Waals surface area contributed by atoms with E-state index >= 15 is 0 Å². The minimum Gasteiger partial charge on any atom is -0.366 e. The van der Waals surface area contributed by atoms with Crippen LogP contribution in [0.2, 0.25) is 0 Å². The number of para-hydroxylation sites is 1. The van der Waals surface area contributed by atoms with Gasteiger partial charge in [-0.2, -0.15) is 0 Å². The van der Waals surface area contributed by atoms with Gasteiger partial charge < -0.3 is 9.80 Å². The lowest BCUT2D eigenvalue weighted by atomic mass is 10.1. The van der Waals surface area contributed by atoms with Gasteiger partial charge in [-0.15, -0.1) is 16.8 Å². The molecule has 0 unspecified atom stereocenters. The van der Waals surface area contributed by atoms with Crippen molar-refractivity contribution in [3.8, 4) is 11.4 Å². The second kappa shape index (κ2) is 11.6. The quantitative estimate of drug-likeness (QED) is 0.213. The molecule has 1 amide bonds. The fourth-order valence-electron chi connectivity index (χ4n) is 4.63. The number of carbonyl (C=O) groups excluding carboxylic acids is 1. The number of benzene rings is 3. The van der Waals surface area contributed by atoms with Gasteiger partial charge in [0.25, 0.3) is 5.91 Å². The van der Waals surface area contributed by atoms with E-state index in [1.165, 1.54) is 11.6 Å². The van der Waals surface area contributed by atoms with E-state index in [1.807, 2.05) is 58.3 Å². The van der Waals surface area contributed by atoms with Crippen LogP contribution in [0, 0.1) is 12.7 Å². The topological polar surface area (TPSA) is 54.3 Å². The molecule has 2 heterocycles. The number of halogens is 1. The Morgan fingerprint density at radius 2 is 1.68 bits per heavy atom. The van der Waals surface area contributed by atoms with Gasteiger partial charge in [-0.05, 0) is 30.7 Å². The van der Waals surface area contributed by atoms with Gasteiger partial charge in [0, 0.05) is 49.6 Å². The summed E-state index contributed by atoms with van der Waals surface area (Å²) in [6.45, 7) is 8.82. The van der Waals surface area contributed by atoms with Crippen molar-refractivity contribution in [3.63, 3.8) is 0 Å². The molecule has 4 aromatic rings. The molecule has 1 aromatic heterocycles. The van der Waals surface area contributed by atoms with Crippen molar-refractivity contribution >= 4 is 23.4 Å². The third-order valence-corrected chi connectivity index (χ3v) is 7.72. The number of nitrogens with zero attached hydrogens (tertiary/aromatic N) is 5. The molecule has 0 atom stereocenters. The number of carbonyl (C=O) groups is 1. The van der Waals surface area contributed by atoms with Gasteiger partial charge in [-0.1, -0.05) is 78.0 Å². The van der Waals surface area contributed by atoms with Crippen LogP contribution in [0.3, 0.4) is 0 Å². The molecule has 3 aromatic carbocycles. The summed E-state index contributed by atoms with van der Waals surface area (Å²) in [4.78, 5) is 17.4. The molecule has 0 aliphatic carbocycles. The third kappa shape index (κ3) is 5.50. The average molecular weight is 528 g/mol. The number of aromatic nitrogens is 3. The summed E-state index contributed by atoms with van der Waals surface area (Å²) >= 11 is 1.56. The van der Waals surface area contributed by atoms with Gasteiger partial charge in [-0.3, -0.25) is 9.36 Å². The Balaban J connectivity index is 1.29. The van der Waals surface area contributed by atoms with Crippen molar-refractivity contribution in [1.82, 2.24) is 19.7 Å². The summed E-state index contributed by atoms with van der Waals surface area (Å²) in [5.41, 5.74) is 4.41. The van der Waals surface area contributed by atoms with Crippen LogP contribution in [0.15, 0.2) is 90.6 Å². The van der Waals surface area contributed by atoms with E-state index in [-0.39, 0.29) is 11.7 Å². The van der Waals surface area contributed by atoms with E-state index in [9.17, 15) is 9.18 Å². The van der Waals surface area contributed by atoms with Crippen LogP contribution in [0.4, 0.5) is 10.1 Å². The van der Waals surface area contributed by atoms with Gasteiger partial charge in [0.2, 0.25) is 0 Å². The predicted molar refractivity (Wildman–Crippen MR) is 151 cm³/mol. The number of amides is 1. The largest absolute Gasteiger partial charge is 0.366 e. The van der Waals surface area contributed by atoms with Crippen molar-refractivity contribution in [2.45, 2.75) is 24.4 Å². The van der Waals surface area contributed by atoms with Gasteiger partial charge in [-0.25, -0.2) is 4.39 Å². The fraction of sp³-hybridized carbons (Fsp3) is 0.233. The molecule has 194 valence electrons. The SMILES string of the molecule is C=CCn1c(SCc2ccccc2C(=O)N2CCN(c3ccccc3F)CC2)nnc1-c1ccc(C)cc1. The molecular formula is C30H30FN5OS. The van der Waals surface area contributed by atoms with Crippen LogP contribution >= 0.6 is 11.8 Å². The molecule has 5 rings (SSSR count). The van der Waals surface area contributed by atoms with Gasteiger partial charge in [0.05, 0.1) is 5.69 Å². The fourth-order valence-corrected chi connectivity index (χ4v) is 5.58. The smallest absolute Gasteiger partial charge is 0.254 e. The minimum atomic E-state index is -0.232. The second-order valence-corrected chi connectivity index (χ2v) is 10.2. The molecule has 0 saturated carbocycles. The minimum absolute atomic E-state index is 0.00212. The first kappa shape index (κ1) is 25.7. The van der Waals surface area contributed by atoms with E-state index in [1.54, 1.807) is 23.9 Å². The maximum absolute atomic E-state index is 14.2. The highest BCUT2D eigenvalue weighted by Crippen LogP contribution is 2.28. The van der Waals surface area contributed by atoms with Crippen LogP contribution in [-0.2, 0) is 12.3 Å². The van der Waals surface area contributed by atoms with Crippen molar-refractivity contribution in [2.24, 2.45) is 0 Å². The maximum Gasteiger partial charge on any atom is 0.254 e. The summed E-state index contributed by atoms with van der Waals surface area (Å²) < 4.78 is 16.3. The lowest BCUT2D eigenvalue weighted by Gasteiger charge is -2.36. The van der Waals surface area contributed by atoms with Crippen LogP contribution in [0.5, 0.6) is 0 Å². The highest BCUT2D eigenvalue weighted by Gasteiger charge is 2.25. The number of thioether (sulfide) groups is 1. The average Bonchev–Trinajstić information content (AvgIpc) is 3.35. The van der Waals surface area contributed by atoms with E-state index < -0.39 is 0 Å². The molecule has 1 saturated heterocycles. The van der Waals surface area contributed by atoms with Crippen LogP contribution in [0.25, 0.3) is 11.4 Å². The lowest BCUT2D eigenvalue weighted by molar-refractivity contribution is 0.0746. The zero-order valence-electron chi connectivity index (χ0n) is 21.4. The Morgan fingerprint density at radius 1 is 0.974 bits per heavy atom. The van der Waals surface area contributed by atoms with Crippen LogP contribution in [-0.4, -0.2) is 51.8 Å². The zero-order valence-corrected chi connectivity index (χ0v) is 22.2. The standard InChI is InChI=1S/C30H30FN5OS/c1-3-16-36-28(23-14-12-22(2)13-15-23)32-33-30(36)38-21-24-8-4-5-9-25(24)29(37)35-19-17-34(18-20-35)27-11-7-6-10-26(27)31/h3-15H,1,16-21H2,2H3. The Labute approximate surface area is 226 Å². The number of allylic oxidation sites excluding steroid dienone is 1. The Hall–Kier alpha value is -3.91. The monoisotopic (exact) mass is 527 g/mol. The molecule has 0 N–H and O–H groups in total. The van der Waals surface area contributed by atoms with E-state index in [4.69, 9.17) is 0 Å². The zero-order chi connectivity index (χ0) is 26.5. The number of anilines is 1. The molecule has 0 spiro atoms. The number of hydrogen-bond donors (Lipinski definition) is 0. The van der Waals surface area contributed by atoms with Crippen LogP contribution < -0.4 is 4.90 Å². The normalized spacial score (nSPS) is 13.5. The molecule has 0 radical (unpaired) electrons. The molecular weight excluding hydrogens is 497 g/mol. The Morgan fingerprint density at radius 3 is 2.42 bits per heavy atom. The lowest BCUT2D eigenvalue weighted by Crippen LogP contribution is -2.49. The highest BCUT2D eigenvalue weighted by molar-refractivity contribution is 7.98. The first-order valence-corrected chi connectivity index (χ1v) is 13.6. The predicted octanol–water partition coefficient (Wildman–Crippen LogP) is 5.83. The molecule has 38 heavy (non-hydrogen) atoms. The number of piperazine rings is 1. The van der Waals surface area contributed by atoms with Crippen molar-refractivity contribution in [2.75, 3.05) is 31.1 Å². The Kier molecular flexibility index (Phi) is 7.89. The first-order valence-electron chi connectivity index (χ1n) is 12.7. The van der Waals surface area contributed by atoms with Crippen molar-refractivity contribution in [1.29, 1.82) is 0 Å². The van der Waals surface area contributed by atoms with Crippen molar-refractivity contribution in [3.05, 3.63) is 108 Å². The number of rotatable bonds is 8. The van der Waals surface area contributed by atoms with Gasteiger partial charge in [0.15, 0.2) is 11.0 Å². The summed E-state index contributed by atoms with van der Waals surface area (Å²) in [7, 11) is 0. The number of aryl methyl sites for hydroxylation is 1. The number of hydrogen-bond acceptors (Lipinski definition) is 5. The Bertz CT molecular complexity index is 1430. The molecule has 8 heteroatoms. The summed E-state index contributed by atoms with van der Waals surface area (Å²) in [6, 6.07) is 22.7. The second-order valence-electron chi connectivity index (χ2n) is 9.25. The molecule has 1 aliphatic rings. The third-order valence-electron chi connectivity index (χ3n) is 6.70. The van der Waals surface area contributed by atoms with Gasteiger partial charge >= 0.3 is 0 Å². The maximum atomic E-state index is 14.2. The van der Waals surface area contributed by atoms with E-state index in [0.29, 0.717) is 49.7 Å². The molecule has 1 aliphatic heterocycles. The molecule has 0 bridgehead atoms. The van der Waals surface area contributed by atoms with E-state index in [2.05, 4.69) is 40.4 Å². The summed E-state index contributed by atoms with van der Waals surface area (Å²) in [5.74, 6) is 1.15. The van der Waals surface area contributed by atoms with Gasteiger partial charge in [0.1, 0.15) is 5.82 Å². The first-order chi connectivity index (χ1) is 18.5. The van der Waals surface area contributed by atoms with Crippen molar-refractivity contribution < 1.29 is 9.18 Å². The summed E-state index contributed by atoms with van der Waals surface area (Å²) in [6.07, 6.45) is 1.84. The van der Waals surface area contributed by atoms with Crippen LogP contribution in [0.1, 0.15) is 21.5 Å². The molecule has 6 nitrogen and oxygen atoms in total. The van der Waals surface area contributed by atoms with E-state index in [0.717, 1.165) is 22.1 Å². The summed E-state index contributed by atoms with van der Waals surface area (Å²) in [5, 5.41) is 9.69. The molecule has 1 fully saturated rings.